The minimum absolute atomic E-state index is 0.266. The van der Waals surface area contributed by atoms with Crippen LogP contribution < -0.4 is 16.4 Å². The number of halogens is 1. The number of nitrogens with two attached hydrogens (primary N) is 2. The Labute approximate surface area is 175 Å². The standard InChI is InChI=1S/C21H24ClN7/c1-13(23)18-21(24)25-16-7-8-17(29-11-9-28(2)10-12-29)26-20(16)19(27-18)14-5-3-4-6-15(14)22/h3-8H,9-12,23H2,1-2H3,(H2,24,25)/b18-13+. The molecule has 0 spiro atoms. The van der Waals surface area contributed by atoms with Gasteiger partial charge in [-0.3, -0.25) is 0 Å². The van der Waals surface area contributed by atoms with Crippen LogP contribution in [-0.2, 0) is 0 Å². The molecule has 0 bridgehead atoms. The third-order valence-corrected chi connectivity index (χ3v) is 5.45. The quantitative estimate of drug-likeness (QED) is 0.794. The lowest BCUT2D eigenvalue weighted by Gasteiger charge is -2.33. The summed E-state index contributed by atoms with van der Waals surface area (Å²) in [4.78, 5) is 18.8. The molecule has 0 aliphatic carbocycles. The average Bonchev–Trinajstić information content (AvgIpc) is 2.84. The number of rotatable bonds is 2. The van der Waals surface area contributed by atoms with Gasteiger partial charge in [0.15, 0.2) is 5.84 Å². The fraction of sp³-hybridized carbons (Fsp3) is 0.286. The van der Waals surface area contributed by atoms with Gasteiger partial charge in [0.05, 0.1) is 10.7 Å². The molecule has 150 valence electrons. The molecule has 0 atom stereocenters. The summed E-state index contributed by atoms with van der Waals surface area (Å²) < 4.78 is 0. The third-order valence-electron chi connectivity index (χ3n) is 5.12. The number of hydrogen-bond donors (Lipinski definition) is 2. The molecular formula is C21H24ClN7. The molecule has 0 amide bonds. The minimum Gasteiger partial charge on any atom is -0.400 e. The summed E-state index contributed by atoms with van der Waals surface area (Å²) in [7, 11) is 2.13. The van der Waals surface area contributed by atoms with E-state index in [4.69, 9.17) is 33.0 Å². The molecule has 1 aromatic heterocycles. The van der Waals surface area contributed by atoms with Crippen molar-refractivity contribution < 1.29 is 0 Å². The van der Waals surface area contributed by atoms with E-state index in [1.807, 2.05) is 36.4 Å². The van der Waals surface area contributed by atoms with Gasteiger partial charge in [0.25, 0.3) is 0 Å². The number of aliphatic imine (C=N–C) groups is 2. The molecule has 0 radical (unpaired) electrons. The Balaban J connectivity index is 1.89. The van der Waals surface area contributed by atoms with Crippen molar-refractivity contribution in [1.29, 1.82) is 0 Å². The summed E-state index contributed by atoms with van der Waals surface area (Å²) in [6, 6.07) is 11.5. The molecular weight excluding hydrogens is 386 g/mol. The van der Waals surface area contributed by atoms with E-state index < -0.39 is 0 Å². The summed E-state index contributed by atoms with van der Waals surface area (Å²) >= 11 is 6.51. The van der Waals surface area contributed by atoms with E-state index in [-0.39, 0.29) is 5.84 Å². The molecule has 4 rings (SSSR count). The van der Waals surface area contributed by atoms with Crippen LogP contribution in [0.1, 0.15) is 18.2 Å². The van der Waals surface area contributed by atoms with Crippen LogP contribution in [0.15, 0.2) is 57.8 Å². The lowest BCUT2D eigenvalue weighted by Crippen LogP contribution is -2.44. The topological polar surface area (TPSA) is 96.1 Å². The van der Waals surface area contributed by atoms with Crippen LogP contribution in [0.3, 0.4) is 0 Å². The van der Waals surface area contributed by atoms with Gasteiger partial charge in [0, 0.05) is 37.4 Å². The highest BCUT2D eigenvalue weighted by Gasteiger charge is 2.24. The zero-order valence-electron chi connectivity index (χ0n) is 16.6. The smallest absolute Gasteiger partial charge is 0.151 e. The first-order chi connectivity index (χ1) is 13.9. The number of piperazine rings is 1. The summed E-state index contributed by atoms with van der Waals surface area (Å²) in [5.74, 6) is 1.16. The molecule has 1 fully saturated rings. The molecule has 0 unspecified atom stereocenters. The molecule has 1 saturated heterocycles. The maximum Gasteiger partial charge on any atom is 0.151 e. The van der Waals surface area contributed by atoms with Gasteiger partial charge in [-0.25, -0.2) is 15.0 Å². The zero-order valence-corrected chi connectivity index (χ0v) is 17.3. The van der Waals surface area contributed by atoms with E-state index in [1.165, 1.54) is 0 Å². The van der Waals surface area contributed by atoms with Crippen molar-refractivity contribution >= 4 is 34.7 Å². The van der Waals surface area contributed by atoms with E-state index in [2.05, 4.69) is 21.8 Å². The van der Waals surface area contributed by atoms with Gasteiger partial charge in [-0.05, 0) is 32.2 Å². The summed E-state index contributed by atoms with van der Waals surface area (Å²) in [5.41, 5.74) is 15.9. The molecule has 3 heterocycles. The lowest BCUT2D eigenvalue weighted by molar-refractivity contribution is 0.312. The number of hydrogen-bond acceptors (Lipinski definition) is 7. The predicted octanol–water partition coefficient (Wildman–Crippen LogP) is 2.52. The number of aromatic nitrogens is 1. The zero-order chi connectivity index (χ0) is 20.5. The first-order valence-electron chi connectivity index (χ1n) is 9.53. The Morgan fingerprint density at radius 3 is 2.45 bits per heavy atom. The van der Waals surface area contributed by atoms with Crippen molar-refractivity contribution in [3.8, 4) is 0 Å². The number of anilines is 1. The molecule has 1 aromatic carbocycles. The van der Waals surface area contributed by atoms with Crippen LogP contribution in [0.25, 0.3) is 0 Å². The molecule has 4 N–H and O–H groups in total. The van der Waals surface area contributed by atoms with Gasteiger partial charge in [-0.2, -0.15) is 0 Å². The van der Waals surface area contributed by atoms with Gasteiger partial charge in [0.2, 0.25) is 0 Å². The van der Waals surface area contributed by atoms with E-state index in [0.29, 0.717) is 33.5 Å². The number of pyridine rings is 1. The van der Waals surface area contributed by atoms with Crippen LogP contribution in [-0.4, -0.2) is 54.7 Å². The average molecular weight is 410 g/mol. The maximum absolute atomic E-state index is 6.51. The normalized spacial score (nSPS) is 19.2. The van der Waals surface area contributed by atoms with Crippen molar-refractivity contribution in [2.24, 2.45) is 21.5 Å². The summed E-state index contributed by atoms with van der Waals surface area (Å²) in [5, 5.41) is 0.582. The monoisotopic (exact) mass is 409 g/mol. The lowest BCUT2D eigenvalue weighted by atomic mass is 10.0. The van der Waals surface area contributed by atoms with E-state index in [1.54, 1.807) is 6.92 Å². The Morgan fingerprint density at radius 1 is 1.03 bits per heavy atom. The highest BCUT2D eigenvalue weighted by atomic mass is 35.5. The number of likely N-dealkylation sites (N-methyl/N-ethyl adjacent to an activating group) is 1. The summed E-state index contributed by atoms with van der Waals surface area (Å²) in [6.07, 6.45) is 0. The van der Waals surface area contributed by atoms with Crippen molar-refractivity contribution in [3.63, 3.8) is 0 Å². The van der Waals surface area contributed by atoms with Crippen molar-refractivity contribution in [3.05, 3.63) is 64.1 Å². The SMILES string of the molecule is C/C(N)=C1\N=C(c2ccccc2Cl)c2nc(N3CCN(C)CC3)ccc2N=C1N. The van der Waals surface area contributed by atoms with Gasteiger partial charge in [0.1, 0.15) is 22.9 Å². The van der Waals surface area contributed by atoms with Crippen LogP contribution in [0.2, 0.25) is 5.02 Å². The van der Waals surface area contributed by atoms with Gasteiger partial charge < -0.3 is 21.3 Å². The first kappa shape index (κ1) is 19.4. The Hall–Kier alpha value is -2.90. The van der Waals surface area contributed by atoms with Gasteiger partial charge in [-0.1, -0.05) is 29.8 Å². The Kier molecular flexibility index (Phi) is 5.25. The first-order valence-corrected chi connectivity index (χ1v) is 9.91. The van der Waals surface area contributed by atoms with Crippen LogP contribution in [0, 0.1) is 0 Å². The van der Waals surface area contributed by atoms with Gasteiger partial charge >= 0.3 is 0 Å². The third kappa shape index (κ3) is 3.83. The second-order valence-corrected chi connectivity index (χ2v) is 7.70. The number of amidine groups is 1. The van der Waals surface area contributed by atoms with Crippen LogP contribution in [0.4, 0.5) is 11.5 Å². The predicted molar refractivity (Wildman–Crippen MR) is 119 cm³/mol. The fourth-order valence-corrected chi connectivity index (χ4v) is 3.68. The minimum atomic E-state index is 0.266. The number of nitrogens with zero attached hydrogens (tertiary/aromatic N) is 5. The van der Waals surface area contributed by atoms with E-state index in [9.17, 15) is 0 Å². The van der Waals surface area contributed by atoms with Crippen molar-refractivity contribution in [2.45, 2.75) is 6.92 Å². The second-order valence-electron chi connectivity index (χ2n) is 7.30. The molecule has 8 heteroatoms. The molecule has 2 aliphatic heterocycles. The van der Waals surface area contributed by atoms with Crippen LogP contribution in [0.5, 0.6) is 0 Å². The fourth-order valence-electron chi connectivity index (χ4n) is 3.45. The highest BCUT2D eigenvalue weighted by Crippen LogP contribution is 2.31. The molecule has 7 nitrogen and oxygen atoms in total. The Morgan fingerprint density at radius 2 is 1.76 bits per heavy atom. The molecule has 2 aromatic rings. The van der Waals surface area contributed by atoms with E-state index >= 15 is 0 Å². The summed E-state index contributed by atoms with van der Waals surface area (Å²) in [6.45, 7) is 5.58. The highest BCUT2D eigenvalue weighted by molar-refractivity contribution is 6.36. The molecule has 2 aliphatic rings. The van der Waals surface area contributed by atoms with Crippen molar-refractivity contribution in [2.75, 3.05) is 38.1 Å². The van der Waals surface area contributed by atoms with Gasteiger partial charge in [-0.15, -0.1) is 0 Å². The van der Waals surface area contributed by atoms with Crippen LogP contribution >= 0.6 is 11.6 Å². The Bertz CT molecular complexity index is 1030. The largest absolute Gasteiger partial charge is 0.400 e. The number of benzene rings is 1. The second kappa shape index (κ2) is 7.85. The van der Waals surface area contributed by atoms with Crippen molar-refractivity contribution in [1.82, 2.24) is 9.88 Å². The maximum atomic E-state index is 6.51. The molecule has 0 saturated carbocycles. The van der Waals surface area contributed by atoms with E-state index in [0.717, 1.165) is 37.6 Å². The molecule has 29 heavy (non-hydrogen) atoms. The number of allylic oxidation sites excluding steroid dienone is 1. The number of fused-ring (bicyclic) bond motifs is 1.